The second-order valence-electron chi connectivity index (χ2n) is 5.73. The molecular weight excluding hydrogens is 336 g/mol. The average Bonchev–Trinajstić information content (AvgIpc) is 2.93. The Morgan fingerprint density at radius 3 is 2.54 bits per heavy atom. The summed E-state index contributed by atoms with van der Waals surface area (Å²) in [6, 6.07) is 11.2. The van der Waals surface area contributed by atoms with E-state index in [1.165, 1.54) is 25.4 Å². The Morgan fingerprint density at radius 2 is 1.96 bits per heavy atom. The number of methoxy groups -OCH3 is 1. The van der Waals surface area contributed by atoms with Gasteiger partial charge in [-0.3, -0.25) is 15.0 Å². The molecule has 1 aliphatic heterocycles. The van der Waals surface area contributed by atoms with Crippen molar-refractivity contribution in [3.63, 3.8) is 0 Å². The van der Waals surface area contributed by atoms with Crippen LogP contribution in [0.1, 0.15) is 29.3 Å². The lowest BCUT2D eigenvalue weighted by Gasteiger charge is -2.25. The number of carbonyl (C=O) groups excluding carboxylic acids is 3. The van der Waals surface area contributed by atoms with Gasteiger partial charge >= 0.3 is 6.03 Å². The molecule has 3 rings (SSSR count). The number of amides is 4. The number of rotatable bonds is 5. The normalized spacial score (nSPS) is 19.2. The zero-order chi connectivity index (χ0) is 18.7. The third kappa shape index (κ3) is 2.85. The minimum absolute atomic E-state index is 0.195. The van der Waals surface area contributed by atoms with E-state index in [-0.39, 0.29) is 5.56 Å². The maximum atomic E-state index is 12.9. The molecule has 1 saturated heterocycles. The Kier molecular flexibility index (Phi) is 4.57. The van der Waals surface area contributed by atoms with Gasteiger partial charge in [0.1, 0.15) is 5.54 Å². The molecular formula is C18H18N4O4. The molecule has 1 unspecified atom stereocenters. The second kappa shape index (κ2) is 6.83. The van der Waals surface area contributed by atoms with Gasteiger partial charge in [0, 0.05) is 12.3 Å². The van der Waals surface area contributed by atoms with E-state index < -0.39 is 23.4 Å². The molecule has 8 heteroatoms. The first-order valence-electron chi connectivity index (χ1n) is 8.05. The standard InChI is InChI=1S/C18H18N4O4/c1-3-18(13-7-5-4-6-8-13)16(24)22(17(25)20-18)21-15(23)12-9-10-14(26-2)19-11-12/h4-11H,3H2,1-2H3,(H,20,25)(H,21,23). The topological polar surface area (TPSA) is 101 Å². The molecule has 26 heavy (non-hydrogen) atoms. The summed E-state index contributed by atoms with van der Waals surface area (Å²) in [7, 11) is 1.46. The zero-order valence-electron chi connectivity index (χ0n) is 14.4. The molecule has 1 atom stereocenters. The van der Waals surface area contributed by atoms with Crippen molar-refractivity contribution in [2.24, 2.45) is 0 Å². The summed E-state index contributed by atoms with van der Waals surface area (Å²) in [5.74, 6) is -0.805. The number of ether oxygens (including phenoxy) is 1. The van der Waals surface area contributed by atoms with Crippen LogP contribution in [-0.4, -0.2) is 34.9 Å². The summed E-state index contributed by atoms with van der Waals surface area (Å²) in [4.78, 5) is 41.6. The minimum atomic E-state index is -1.20. The van der Waals surface area contributed by atoms with Crippen molar-refractivity contribution < 1.29 is 19.1 Å². The van der Waals surface area contributed by atoms with E-state index in [0.717, 1.165) is 0 Å². The van der Waals surface area contributed by atoms with Crippen molar-refractivity contribution >= 4 is 17.8 Å². The number of imide groups is 1. The van der Waals surface area contributed by atoms with Crippen LogP contribution in [0.25, 0.3) is 0 Å². The van der Waals surface area contributed by atoms with Gasteiger partial charge in [-0.2, -0.15) is 5.01 Å². The van der Waals surface area contributed by atoms with Crippen molar-refractivity contribution in [2.75, 3.05) is 7.11 Å². The van der Waals surface area contributed by atoms with Crippen LogP contribution in [0.5, 0.6) is 5.88 Å². The van der Waals surface area contributed by atoms with Crippen LogP contribution in [0.4, 0.5) is 4.79 Å². The van der Waals surface area contributed by atoms with Crippen LogP contribution in [0.3, 0.4) is 0 Å². The SMILES string of the molecule is CCC1(c2ccccc2)NC(=O)N(NC(=O)c2ccc(OC)nc2)C1=O. The third-order valence-electron chi connectivity index (χ3n) is 4.31. The fourth-order valence-electron chi connectivity index (χ4n) is 2.84. The number of pyridine rings is 1. The van der Waals surface area contributed by atoms with Gasteiger partial charge in [0.2, 0.25) is 5.88 Å². The number of hydrogen-bond donors (Lipinski definition) is 2. The maximum absolute atomic E-state index is 12.9. The van der Waals surface area contributed by atoms with Crippen LogP contribution in [-0.2, 0) is 10.3 Å². The van der Waals surface area contributed by atoms with Crippen molar-refractivity contribution in [3.8, 4) is 5.88 Å². The third-order valence-corrected chi connectivity index (χ3v) is 4.31. The lowest BCUT2D eigenvalue weighted by atomic mass is 9.87. The van der Waals surface area contributed by atoms with Gasteiger partial charge in [0.15, 0.2) is 0 Å². The van der Waals surface area contributed by atoms with Crippen molar-refractivity contribution in [1.82, 2.24) is 20.7 Å². The van der Waals surface area contributed by atoms with E-state index in [1.807, 2.05) is 6.07 Å². The predicted octanol–water partition coefficient (Wildman–Crippen LogP) is 1.59. The Labute approximate surface area is 150 Å². The number of hydrazine groups is 1. The van der Waals surface area contributed by atoms with Crippen molar-refractivity contribution in [2.45, 2.75) is 18.9 Å². The summed E-state index contributed by atoms with van der Waals surface area (Å²) in [5, 5.41) is 3.41. The molecule has 0 saturated carbocycles. The lowest BCUT2D eigenvalue weighted by molar-refractivity contribution is -0.133. The Morgan fingerprint density at radius 1 is 1.23 bits per heavy atom. The van der Waals surface area contributed by atoms with Gasteiger partial charge < -0.3 is 10.1 Å². The second-order valence-corrected chi connectivity index (χ2v) is 5.73. The molecule has 4 amide bonds. The fourth-order valence-corrected chi connectivity index (χ4v) is 2.84. The summed E-state index contributed by atoms with van der Waals surface area (Å²) in [6.07, 6.45) is 1.65. The molecule has 2 N–H and O–H groups in total. The van der Waals surface area contributed by atoms with E-state index in [2.05, 4.69) is 15.7 Å². The number of aromatic nitrogens is 1. The molecule has 0 aliphatic carbocycles. The number of nitrogens with zero attached hydrogens (tertiary/aromatic N) is 2. The summed E-state index contributed by atoms with van der Waals surface area (Å²) >= 11 is 0. The first kappa shape index (κ1) is 17.4. The minimum Gasteiger partial charge on any atom is -0.481 e. The van der Waals surface area contributed by atoms with E-state index in [0.29, 0.717) is 22.9 Å². The molecule has 8 nitrogen and oxygen atoms in total. The highest BCUT2D eigenvalue weighted by Gasteiger charge is 2.52. The van der Waals surface area contributed by atoms with Crippen molar-refractivity contribution in [3.05, 3.63) is 59.8 Å². The van der Waals surface area contributed by atoms with Crippen molar-refractivity contribution in [1.29, 1.82) is 0 Å². The molecule has 2 aromatic rings. The van der Waals surface area contributed by atoms with Gasteiger partial charge in [-0.25, -0.2) is 9.78 Å². The van der Waals surface area contributed by atoms with E-state index in [4.69, 9.17) is 4.74 Å². The largest absolute Gasteiger partial charge is 0.481 e. The molecule has 0 radical (unpaired) electrons. The number of hydrogen-bond acceptors (Lipinski definition) is 5. The highest BCUT2D eigenvalue weighted by atomic mass is 16.5. The molecule has 0 spiro atoms. The van der Waals surface area contributed by atoms with Crippen LogP contribution < -0.4 is 15.5 Å². The lowest BCUT2D eigenvalue weighted by Crippen LogP contribution is -2.48. The molecule has 1 aromatic heterocycles. The molecule has 0 bridgehead atoms. The summed E-state index contributed by atoms with van der Waals surface area (Å²) in [5.41, 5.74) is 1.99. The van der Waals surface area contributed by atoms with Gasteiger partial charge in [0.05, 0.1) is 12.7 Å². The van der Waals surface area contributed by atoms with Gasteiger partial charge in [-0.05, 0) is 18.1 Å². The van der Waals surface area contributed by atoms with Crippen LogP contribution in [0.2, 0.25) is 0 Å². The molecule has 1 aromatic carbocycles. The number of urea groups is 1. The molecule has 134 valence electrons. The van der Waals surface area contributed by atoms with Gasteiger partial charge in [-0.15, -0.1) is 0 Å². The average molecular weight is 354 g/mol. The highest BCUT2D eigenvalue weighted by molar-refractivity contribution is 6.09. The Hall–Kier alpha value is -3.42. The number of nitrogens with one attached hydrogen (secondary N) is 2. The zero-order valence-corrected chi connectivity index (χ0v) is 14.4. The first-order chi connectivity index (χ1) is 12.5. The Balaban J connectivity index is 1.83. The maximum Gasteiger partial charge on any atom is 0.344 e. The van der Waals surface area contributed by atoms with Gasteiger partial charge in [0.25, 0.3) is 11.8 Å². The smallest absolute Gasteiger partial charge is 0.344 e. The molecule has 1 aliphatic rings. The summed E-state index contributed by atoms with van der Waals surface area (Å²) < 4.78 is 4.94. The molecule has 1 fully saturated rings. The fraction of sp³-hybridized carbons (Fsp3) is 0.222. The number of carbonyl (C=O) groups is 3. The predicted molar refractivity (Wildman–Crippen MR) is 92.0 cm³/mol. The highest BCUT2D eigenvalue weighted by Crippen LogP contribution is 2.31. The van der Waals surface area contributed by atoms with E-state index in [9.17, 15) is 14.4 Å². The quantitative estimate of drug-likeness (QED) is 0.794. The molecule has 2 heterocycles. The Bertz CT molecular complexity index is 838. The first-order valence-corrected chi connectivity index (χ1v) is 8.05. The van der Waals surface area contributed by atoms with E-state index >= 15 is 0 Å². The summed E-state index contributed by atoms with van der Waals surface area (Å²) in [6.45, 7) is 1.80. The monoisotopic (exact) mass is 354 g/mol. The van der Waals surface area contributed by atoms with Crippen LogP contribution in [0, 0.1) is 0 Å². The van der Waals surface area contributed by atoms with Gasteiger partial charge in [-0.1, -0.05) is 37.3 Å². The van der Waals surface area contributed by atoms with Crippen LogP contribution in [0.15, 0.2) is 48.7 Å². The number of benzene rings is 1. The van der Waals surface area contributed by atoms with Crippen LogP contribution >= 0.6 is 0 Å². The van der Waals surface area contributed by atoms with E-state index in [1.54, 1.807) is 31.2 Å².